The zero-order valence-corrected chi connectivity index (χ0v) is 12.9. The predicted molar refractivity (Wildman–Crippen MR) is 75.7 cm³/mol. The van der Waals surface area contributed by atoms with E-state index in [2.05, 4.69) is 60.5 Å². The van der Waals surface area contributed by atoms with Gasteiger partial charge in [0.2, 0.25) is 0 Å². The minimum atomic E-state index is 0.570. The van der Waals surface area contributed by atoms with E-state index in [1.54, 1.807) is 6.33 Å². The first-order valence-corrected chi connectivity index (χ1v) is 6.99. The van der Waals surface area contributed by atoms with Crippen molar-refractivity contribution in [2.45, 2.75) is 20.4 Å². The largest absolute Gasteiger partial charge is 0.313 e. The van der Waals surface area contributed by atoms with Gasteiger partial charge in [0, 0.05) is 21.1 Å². The molecular weight excluding hydrogens is 346 g/mol. The van der Waals surface area contributed by atoms with E-state index in [9.17, 15) is 0 Å². The van der Waals surface area contributed by atoms with Gasteiger partial charge in [-0.2, -0.15) is 0 Å². The highest BCUT2D eigenvalue weighted by molar-refractivity contribution is 9.11. The molecule has 2 aromatic rings. The van der Waals surface area contributed by atoms with Gasteiger partial charge in [-0.3, -0.25) is 0 Å². The van der Waals surface area contributed by atoms with Crippen molar-refractivity contribution in [3.05, 3.63) is 33.5 Å². The van der Waals surface area contributed by atoms with Gasteiger partial charge in [0.25, 0.3) is 0 Å². The number of rotatable bonds is 3. The van der Waals surface area contributed by atoms with E-state index < -0.39 is 0 Å². The summed E-state index contributed by atoms with van der Waals surface area (Å²) in [6.45, 7) is 5.29. The molecule has 0 bridgehead atoms. The van der Waals surface area contributed by atoms with E-state index in [4.69, 9.17) is 0 Å². The molecule has 0 spiro atoms. The molecule has 3 nitrogen and oxygen atoms in total. The number of benzene rings is 1. The second kappa shape index (κ2) is 5.31. The lowest BCUT2D eigenvalue weighted by Gasteiger charge is -2.09. The van der Waals surface area contributed by atoms with Gasteiger partial charge in [-0.1, -0.05) is 45.7 Å². The van der Waals surface area contributed by atoms with Crippen LogP contribution in [0.5, 0.6) is 0 Å². The highest BCUT2D eigenvalue weighted by Gasteiger charge is 2.09. The standard InChI is InChI=1S/C12H13Br2N3/c1-8(2)6-17-7-15-16-12(17)9-3-10(13)5-11(14)4-9/h3-5,7-8H,6H2,1-2H3. The van der Waals surface area contributed by atoms with Crippen molar-refractivity contribution in [3.8, 4) is 11.4 Å². The van der Waals surface area contributed by atoms with Gasteiger partial charge in [0.15, 0.2) is 5.82 Å². The van der Waals surface area contributed by atoms with Crippen LogP contribution in [0, 0.1) is 5.92 Å². The number of hydrogen-bond acceptors (Lipinski definition) is 2. The number of hydrogen-bond donors (Lipinski definition) is 0. The van der Waals surface area contributed by atoms with Crippen LogP contribution in [0.3, 0.4) is 0 Å². The lowest BCUT2D eigenvalue weighted by atomic mass is 10.2. The summed E-state index contributed by atoms with van der Waals surface area (Å²) < 4.78 is 4.14. The van der Waals surface area contributed by atoms with Gasteiger partial charge in [0.05, 0.1) is 0 Å². The topological polar surface area (TPSA) is 30.7 Å². The molecule has 0 unspecified atom stereocenters. The Kier molecular flexibility index (Phi) is 3.99. The van der Waals surface area contributed by atoms with Crippen LogP contribution in [0.4, 0.5) is 0 Å². The van der Waals surface area contributed by atoms with Crippen LogP contribution in [0.1, 0.15) is 13.8 Å². The summed E-state index contributed by atoms with van der Waals surface area (Å²) in [4.78, 5) is 0. The average molecular weight is 359 g/mol. The lowest BCUT2D eigenvalue weighted by molar-refractivity contribution is 0.525. The van der Waals surface area contributed by atoms with Crippen molar-refractivity contribution in [2.75, 3.05) is 0 Å². The predicted octanol–water partition coefficient (Wildman–Crippen LogP) is 4.13. The highest BCUT2D eigenvalue weighted by atomic mass is 79.9. The maximum atomic E-state index is 4.19. The molecular formula is C12H13Br2N3. The monoisotopic (exact) mass is 357 g/mol. The summed E-state index contributed by atoms with van der Waals surface area (Å²) in [5, 5.41) is 8.19. The molecule has 0 saturated heterocycles. The van der Waals surface area contributed by atoms with Gasteiger partial charge in [-0.25, -0.2) is 0 Å². The fourth-order valence-electron chi connectivity index (χ4n) is 1.69. The fraction of sp³-hybridized carbons (Fsp3) is 0.333. The van der Waals surface area contributed by atoms with Crippen molar-refractivity contribution in [3.63, 3.8) is 0 Å². The second-order valence-electron chi connectivity index (χ2n) is 4.36. The van der Waals surface area contributed by atoms with Crippen LogP contribution >= 0.6 is 31.9 Å². The summed E-state index contributed by atoms with van der Waals surface area (Å²) in [5.41, 5.74) is 1.06. The van der Waals surface area contributed by atoms with Crippen LogP contribution < -0.4 is 0 Å². The van der Waals surface area contributed by atoms with E-state index in [0.717, 1.165) is 26.9 Å². The van der Waals surface area contributed by atoms with E-state index in [0.29, 0.717) is 5.92 Å². The van der Waals surface area contributed by atoms with Gasteiger partial charge in [-0.05, 0) is 24.1 Å². The van der Waals surface area contributed by atoms with E-state index in [1.807, 2.05) is 18.2 Å². The summed E-state index contributed by atoms with van der Waals surface area (Å²) in [6.07, 6.45) is 1.78. The zero-order chi connectivity index (χ0) is 12.4. The maximum absolute atomic E-state index is 4.19. The molecule has 0 aliphatic carbocycles. The Balaban J connectivity index is 2.42. The van der Waals surface area contributed by atoms with Crippen LogP contribution in [0.2, 0.25) is 0 Å². The molecule has 1 heterocycles. The lowest BCUT2D eigenvalue weighted by Crippen LogP contribution is -2.05. The van der Waals surface area contributed by atoms with Crippen LogP contribution in [-0.4, -0.2) is 14.8 Å². The first-order valence-electron chi connectivity index (χ1n) is 5.40. The van der Waals surface area contributed by atoms with Crippen molar-refractivity contribution in [1.29, 1.82) is 0 Å². The summed E-state index contributed by atoms with van der Waals surface area (Å²) in [5.74, 6) is 1.47. The molecule has 2 rings (SSSR count). The number of aromatic nitrogens is 3. The Labute approximate surface area is 118 Å². The summed E-state index contributed by atoms with van der Waals surface area (Å²) >= 11 is 6.97. The minimum absolute atomic E-state index is 0.570. The summed E-state index contributed by atoms with van der Waals surface area (Å²) in [6, 6.07) is 6.10. The van der Waals surface area contributed by atoms with E-state index >= 15 is 0 Å². The van der Waals surface area contributed by atoms with Crippen molar-refractivity contribution >= 4 is 31.9 Å². The fourth-order valence-corrected chi connectivity index (χ4v) is 2.98. The Morgan fingerprint density at radius 2 is 1.82 bits per heavy atom. The SMILES string of the molecule is CC(C)Cn1cnnc1-c1cc(Br)cc(Br)c1. The zero-order valence-electron chi connectivity index (χ0n) is 9.69. The van der Waals surface area contributed by atoms with Crippen molar-refractivity contribution in [1.82, 2.24) is 14.8 Å². The molecule has 0 saturated carbocycles. The smallest absolute Gasteiger partial charge is 0.163 e. The minimum Gasteiger partial charge on any atom is -0.313 e. The first kappa shape index (κ1) is 12.8. The van der Waals surface area contributed by atoms with Crippen LogP contribution in [-0.2, 0) is 6.54 Å². The third-order valence-electron chi connectivity index (χ3n) is 2.30. The average Bonchev–Trinajstić information content (AvgIpc) is 2.63. The van der Waals surface area contributed by atoms with Gasteiger partial charge < -0.3 is 4.57 Å². The Hall–Kier alpha value is -0.680. The molecule has 0 fully saturated rings. The van der Waals surface area contributed by atoms with Gasteiger partial charge in [0.1, 0.15) is 6.33 Å². The van der Waals surface area contributed by atoms with Gasteiger partial charge in [-0.15, -0.1) is 10.2 Å². The van der Waals surface area contributed by atoms with Crippen LogP contribution in [0.15, 0.2) is 33.5 Å². The molecule has 0 aliphatic heterocycles. The Morgan fingerprint density at radius 3 is 2.41 bits per heavy atom. The van der Waals surface area contributed by atoms with E-state index in [-0.39, 0.29) is 0 Å². The molecule has 17 heavy (non-hydrogen) atoms. The molecule has 0 aliphatic rings. The molecule has 1 aromatic carbocycles. The molecule has 0 radical (unpaired) electrons. The normalized spacial score (nSPS) is 11.1. The van der Waals surface area contributed by atoms with Crippen molar-refractivity contribution < 1.29 is 0 Å². The Morgan fingerprint density at radius 1 is 1.18 bits per heavy atom. The highest BCUT2D eigenvalue weighted by Crippen LogP contribution is 2.26. The van der Waals surface area contributed by atoms with Crippen LogP contribution in [0.25, 0.3) is 11.4 Å². The number of halogens is 2. The molecule has 0 N–H and O–H groups in total. The third kappa shape index (κ3) is 3.16. The number of nitrogens with zero attached hydrogens (tertiary/aromatic N) is 3. The molecule has 90 valence electrons. The quantitative estimate of drug-likeness (QED) is 0.825. The second-order valence-corrected chi connectivity index (χ2v) is 6.19. The molecule has 0 amide bonds. The maximum Gasteiger partial charge on any atom is 0.163 e. The molecule has 5 heteroatoms. The first-order chi connectivity index (χ1) is 8.06. The molecule has 0 atom stereocenters. The molecule has 1 aromatic heterocycles. The third-order valence-corrected chi connectivity index (χ3v) is 3.21. The summed E-state index contributed by atoms with van der Waals surface area (Å²) in [7, 11) is 0. The Bertz CT molecular complexity index is 500. The van der Waals surface area contributed by atoms with E-state index in [1.165, 1.54) is 0 Å². The van der Waals surface area contributed by atoms with Gasteiger partial charge >= 0.3 is 0 Å². The van der Waals surface area contributed by atoms with Crippen molar-refractivity contribution in [2.24, 2.45) is 5.92 Å².